The van der Waals surface area contributed by atoms with Crippen LogP contribution in [0.4, 0.5) is 0 Å². The number of phosphoric acid groups is 1. The summed E-state index contributed by atoms with van der Waals surface area (Å²) in [7, 11) is 1.18. The number of carbonyl (C=O) groups is 2. The van der Waals surface area contributed by atoms with Crippen LogP contribution in [0.5, 0.6) is 0 Å². The van der Waals surface area contributed by atoms with E-state index in [9.17, 15) is 19.0 Å². The number of unbranched alkanes of at least 4 members (excludes halogenated alkanes) is 29. The molecule has 0 N–H and O–H groups in total. The summed E-state index contributed by atoms with van der Waals surface area (Å²) in [5.41, 5.74) is 0. The number of rotatable bonds is 43. The van der Waals surface area contributed by atoms with Crippen LogP contribution in [0.2, 0.25) is 0 Å². The molecule has 2 atom stereocenters. The molecule has 9 nitrogen and oxygen atoms in total. The predicted octanol–water partition coefficient (Wildman–Crippen LogP) is 12.6. The standard InChI is InChI=1S/C45H90NO8P/c1-6-8-10-12-14-16-18-20-21-22-23-24-26-27-29-31-33-35-37-44(47)51-41-43(42-53-55(49,50)52-40-39-46(3,4)5)54-45(48)38-36-34-32-30-28-25-19-17-15-13-11-9-7-2/h43H,6-42H2,1-5H3/t43-/m0/s1. The van der Waals surface area contributed by atoms with Gasteiger partial charge in [-0.3, -0.25) is 14.2 Å². The van der Waals surface area contributed by atoms with Gasteiger partial charge >= 0.3 is 11.9 Å². The van der Waals surface area contributed by atoms with Gasteiger partial charge in [-0.05, 0) is 12.8 Å². The van der Waals surface area contributed by atoms with Crippen LogP contribution in [0.15, 0.2) is 0 Å². The van der Waals surface area contributed by atoms with Gasteiger partial charge in [0.05, 0.1) is 27.7 Å². The summed E-state index contributed by atoms with van der Waals surface area (Å²) in [4.78, 5) is 37.5. The maximum atomic E-state index is 12.7. The zero-order valence-electron chi connectivity index (χ0n) is 36.9. The van der Waals surface area contributed by atoms with Gasteiger partial charge in [0.1, 0.15) is 19.8 Å². The van der Waals surface area contributed by atoms with Crippen LogP contribution >= 0.6 is 7.82 Å². The SMILES string of the molecule is CCCCCCCCCCCCCCCCCCCCC(=O)OC[C@@H](COP(=O)([O-])OCC[N+](C)(C)C)OC(=O)CCCCCCCCCCCCCCC. The molecule has 328 valence electrons. The number of hydrogen-bond acceptors (Lipinski definition) is 8. The van der Waals surface area contributed by atoms with E-state index in [0.717, 1.165) is 32.1 Å². The molecule has 0 rings (SSSR count). The van der Waals surface area contributed by atoms with E-state index in [-0.39, 0.29) is 32.0 Å². The lowest BCUT2D eigenvalue weighted by atomic mass is 10.0. The van der Waals surface area contributed by atoms with Crippen LogP contribution in [0.1, 0.15) is 226 Å². The third-order valence-corrected chi connectivity index (χ3v) is 11.3. The minimum Gasteiger partial charge on any atom is -0.756 e. The molecule has 10 heteroatoms. The molecule has 0 aliphatic heterocycles. The summed E-state index contributed by atoms with van der Waals surface area (Å²) in [6.45, 7) is 4.27. The lowest BCUT2D eigenvalue weighted by Crippen LogP contribution is -2.37. The molecule has 55 heavy (non-hydrogen) atoms. The Bertz CT molecular complexity index is 912. The van der Waals surface area contributed by atoms with E-state index in [2.05, 4.69) is 13.8 Å². The molecule has 0 aliphatic rings. The van der Waals surface area contributed by atoms with E-state index in [4.69, 9.17) is 18.5 Å². The van der Waals surface area contributed by atoms with Gasteiger partial charge in [0.2, 0.25) is 0 Å². The Morgan fingerprint density at radius 3 is 1.16 bits per heavy atom. The highest BCUT2D eigenvalue weighted by Gasteiger charge is 2.21. The summed E-state index contributed by atoms with van der Waals surface area (Å²) >= 11 is 0. The first-order valence-corrected chi connectivity index (χ1v) is 24.7. The molecule has 0 amide bonds. The van der Waals surface area contributed by atoms with Crippen molar-refractivity contribution >= 4 is 19.8 Å². The molecule has 0 radical (unpaired) electrons. The average molecular weight is 804 g/mol. The lowest BCUT2D eigenvalue weighted by Gasteiger charge is -2.28. The molecule has 0 spiro atoms. The van der Waals surface area contributed by atoms with Crippen molar-refractivity contribution in [1.82, 2.24) is 0 Å². The van der Waals surface area contributed by atoms with Crippen molar-refractivity contribution in [1.29, 1.82) is 0 Å². The fraction of sp³-hybridized carbons (Fsp3) is 0.956. The van der Waals surface area contributed by atoms with Crippen LogP contribution in [-0.2, 0) is 32.7 Å². The molecule has 1 unspecified atom stereocenters. The van der Waals surface area contributed by atoms with Crippen molar-refractivity contribution in [3.63, 3.8) is 0 Å². The minimum atomic E-state index is -4.62. The van der Waals surface area contributed by atoms with E-state index >= 15 is 0 Å². The van der Waals surface area contributed by atoms with Crippen molar-refractivity contribution in [2.45, 2.75) is 232 Å². The van der Waals surface area contributed by atoms with Gasteiger partial charge < -0.3 is 27.9 Å². The van der Waals surface area contributed by atoms with Crippen molar-refractivity contribution in [2.24, 2.45) is 0 Å². The van der Waals surface area contributed by atoms with Crippen LogP contribution in [-0.4, -0.2) is 70.0 Å². The van der Waals surface area contributed by atoms with E-state index in [1.165, 1.54) is 161 Å². The second-order valence-corrected chi connectivity index (χ2v) is 18.5. The fourth-order valence-electron chi connectivity index (χ4n) is 6.72. The van der Waals surface area contributed by atoms with E-state index in [1.807, 2.05) is 21.1 Å². The maximum absolute atomic E-state index is 12.7. The van der Waals surface area contributed by atoms with Gasteiger partial charge in [-0.1, -0.05) is 200 Å². The molecule has 0 bridgehead atoms. The van der Waals surface area contributed by atoms with Crippen molar-refractivity contribution in [2.75, 3.05) is 47.5 Å². The quantitative estimate of drug-likeness (QED) is 0.0259. The van der Waals surface area contributed by atoms with Gasteiger partial charge in [0.25, 0.3) is 7.82 Å². The van der Waals surface area contributed by atoms with Crippen molar-refractivity contribution in [3.05, 3.63) is 0 Å². The number of ether oxygens (including phenoxy) is 2. The first-order chi connectivity index (χ1) is 26.5. The van der Waals surface area contributed by atoms with Crippen LogP contribution in [0.25, 0.3) is 0 Å². The Labute approximate surface area is 340 Å². The Hall–Kier alpha value is -0.990. The molecule has 0 aromatic heterocycles. The van der Waals surface area contributed by atoms with Gasteiger partial charge in [-0.2, -0.15) is 0 Å². The van der Waals surface area contributed by atoms with Gasteiger partial charge in [0.15, 0.2) is 6.10 Å². The zero-order chi connectivity index (χ0) is 40.7. The van der Waals surface area contributed by atoms with Crippen molar-refractivity contribution in [3.8, 4) is 0 Å². The fourth-order valence-corrected chi connectivity index (χ4v) is 7.44. The smallest absolute Gasteiger partial charge is 0.306 e. The maximum Gasteiger partial charge on any atom is 0.306 e. The molecular weight excluding hydrogens is 713 g/mol. The first-order valence-electron chi connectivity index (χ1n) is 23.2. The van der Waals surface area contributed by atoms with Crippen molar-refractivity contribution < 1.29 is 42.1 Å². The highest BCUT2D eigenvalue weighted by atomic mass is 31.2. The summed E-state index contributed by atoms with van der Waals surface area (Å²) in [5, 5.41) is 0. The highest BCUT2D eigenvalue weighted by molar-refractivity contribution is 7.45. The number of quaternary nitrogens is 1. The molecule has 0 aliphatic carbocycles. The molecule has 0 saturated carbocycles. The monoisotopic (exact) mass is 804 g/mol. The third kappa shape index (κ3) is 42.4. The molecule has 0 aromatic carbocycles. The number of hydrogen-bond donors (Lipinski definition) is 0. The lowest BCUT2D eigenvalue weighted by molar-refractivity contribution is -0.870. The Kier molecular flexibility index (Phi) is 37.8. The number of likely N-dealkylation sites (N-methyl/N-ethyl adjacent to an activating group) is 1. The number of carbonyl (C=O) groups excluding carboxylic acids is 2. The second kappa shape index (κ2) is 38.5. The number of phosphoric ester groups is 1. The summed E-state index contributed by atoms with van der Waals surface area (Å²) in [5.74, 6) is -0.818. The van der Waals surface area contributed by atoms with Gasteiger partial charge in [0, 0.05) is 12.8 Å². The van der Waals surface area contributed by atoms with Crippen LogP contribution in [0, 0.1) is 0 Å². The van der Waals surface area contributed by atoms with E-state index in [0.29, 0.717) is 17.4 Å². The molecule has 0 heterocycles. The summed E-state index contributed by atoms with van der Waals surface area (Å²) < 4.78 is 33.9. The second-order valence-electron chi connectivity index (χ2n) is 17.1. The van der Waals surface area contributed by atoms with Crippen LogP contribution < -0.4 is 4.89 Å². The Morgan fingerprint density at radius 1 is 0.491 bits per heavy atom. The number of nitrogens with zero attached hydrogens (tertiary/aromatic N) is 1. The molecule has 0 aromatic rings. The van der Waals surface area contributed by atoms with E-state index in [1.54, 1.807) is 0 Å². The normalized spacial score (nSPS) is 13.5. The molecular formula is C45H90NO8P. The largest absolute Gasteiger partial charge is 0.756 e. The Balaban J connectivity index is 4.25. The molecule has 0 fully saturated rings. The summed E-state index contributed by atoms with van der Waals surface area (Å²) in [6.07, 6.45) is 38.4. The average Bonchev–Trinajstić information content (AvgIpc) is 3.13. The van der Waals surface area contributed by atoms with E-state index < -0.39 is 26.5 Å². The number of esters is 2. The third-order valence-electron chi connectivity index (χ3n) is 10.4. The minimum absolute atomic E-state index is 0.0256. The van der Waals surface area contributed by atoms with Crippen LogP contribution in [0.3, 0.4) is 0 Å². The highest BCUT2D eigenvalue weighted by Crippen LogP contribution is 2.38. The van der Waals surface area contributed by atoms with Gasteiger partial charge in [-0.15, -0.1) is 0 Å². The Morgan fingerprint density at radius 2 is 0.818 bits per heavy atom. The first kappa shape index (κ1) is 54.0. The summed E-state index contributed by atoms with van der Waals surface area (Å²) in [6, 6.07) is 0. The zero-order valence-corrected chi connectivity index (χ0v) is 37.8. The van der Waals surface area contributed by atoms with Gasteiger partial charge in [-0.25, -0.2) is 0 Å². The topological polar surface area (TPSA) is 111 Å². The predicted molar refractivity (Wildman–Crippen MR) is 227 cm³/mol. The molecule has 0 saturated heterocycles.